The van der Waals surface area contributed by atoms with Gasteiger partial charge in [0, 0.05) is 39.2 Å². The summed E-state index contributed by atoms with van der Waals surface area (Å²) in [5.74, 6) is 1.72. The minimum absolute atomic E-state index is 0. The van der Waals surface area contributed by atoms with Crippen molar-refractivity contribution in [3.05, 3.63) is 0 Å². The number of halogens is 1. The molecule has 1 amide bonds. The lowest BCUT2D eigenvalue weighted by Gasteiger charge is -2.21. The second-order valence-corrected chi connectivity index (χ2v) is 6.02. The maximum Gasteiger partial charge on any atom is 0.223 e. The molecule has 7 heteroatoms. The highest BCUT2D eigenvalue weighted by molar-refractivity contribution is 14.0. The molecule has 1 rings (SSSR count). The Kier molecular flexibility index (Phi) is 12.5. The first-order chi connectivity index (χ1) is 10.6. The Balaban J connectivity index is 0.00000484. The van der Waals surface area contributed by atoms with Crippen molar-refractivity contribution in [2.75, 3.05) is 33.3 Å². The highest BCUT2D eigenvalue weighted by Gasteiger charge is 2.28. The number of nitrogens with zero attached hydrogens (tertiary/aromatic N) is 1. The summed E-state index contributed by atoms with van der Waals surface area (Å²) in [7, 11) is 1.75. The molecular formula is C16H33IN4O2. The van der Waals surface area contributed by atoms with E-state index in [9.17, 15) is 4.79 Å². The SMILES string of the molecule is CCOC(CCNC(=NC)NCCNC(=O)C1CC1)C(C)C.I. The molecule has 1 atom stereocenters. The zero-order chi connectivity index (χ0) is 16.4. The number of carbonyl (C=O) groups excluding carboxylic acids is 1. The van der Waals surface area contributed by atoms with E-state index in [2.05, 4.69) is 34.8 Å². The molecule has 0 aromatic carbocycles. The highest BCUT2D eigenvalue weighted by atomic mass is 127. The van der Waals surface area contributed by atoms with Gasteiger partial charge in [0.25, 0.3) is 0 Å². The van der Waals surface area contributed by atoms with E-state index in [4.69, 9.17) is 4.74 Å². The number of carbonyl (C=O) groups is 1. The van der Waals surface area contributed by atoms with Crippen molar-refractivity contribution in [3.63, 3.8) is 0 Å². The van der Waals surface area contributed by atoms with Gasteiger partial charge in [-0.05, 0) is 32.1 Å². The topological polar surface area (TPSA) is 74.8 Å². The summed E-state index contributed by atoms with van der Waals surface area (Å²) in [5.41, 5.74) is 0. The first kappa shape index (κ1) is 22.4. The second-order valence-electron chi connectivity index (χ2n) is 6.02. The van der Waals surface area contributed by atoms with Gasteiger partial charge in [0.05, 0.1) is 6.10 Å². The quantitative estimate of drug-likeness (QED) is 0.210. The Morgan fingerprint density at radius 2 is 1.78 bits per heavy atom. The lowest BCUT2D eigenvalue weighted by atomic mass is 10.0. The normalized spacial score (nSPS) is 15.8. The fourth-order valence-corrected chi connectivity index (χ4v) is 2.23. The van der Waals surface area contributed by atoms with Crippen molar-refractivity contribution in [2.24, 2.45) is 16.8 Å². The molecule has 3 N–H and O–H groups in total. The van der Waals surface area contributed by atoms with E-state index < -0.39 is 0 Å². The Morgan fingerprint density at radius 1 is 1.17 bits per heavy atom. The minimum Gasteiger partial charge on any atom is -0.378 e. The molecule has 1 saturated carbocycles. The number of hydrogen-bond acceptors (Lipinski definition) is 3. The predicted octanol–water partition coefficient (Wildman–Crippen LogP) is 1.75. The van der Waals surface area contributed by atoms with Gasteiger partial charge >= 0.3 is 0 Å². The van der Waals surface area contributed by atoms with Gasteiger partial charge in [0.15, 0.2) is 5.96 Å². The highest BCUT2D eigenvalue weighted by Crippen LogP contribution is 2.28. The number of hydrogen-bond donors (Lipinski definition) is 3. The van der Waals surface area contributed by atoms with Crippen molar-refractivity contribution in [2.45, 2.75) is 46.1 Å². The van der Waals surface area contributed by atoms with Gasteiger partial charge in [-0.2, -0.15) is 0 Å². The number of ether oxygens (including phenoxy) is 1. The number of nitrogens with one attached hydrogen (secondary N) is 3. The molecule has 1 aliphatic carbocycles. The third kappa shape index (κ3) is 10.0. The average Bonchev–Trinajstić information content (AvgIpc) is 3.32. The van der Waals surface area contributed by atoms with Crippen LogP contribution in [0, 0.1) is 11.8 Å². The second kappa shape index (κ2) is 12.8. The van der Waals surface area contributed by atoms with E-state index in [1.165, 1.54) is 0 Å². The van der Waals surface area contributed by atoms with Crippen molar-refractivity contribution >= 4 is 35.8 Å². The lowest BCUT2D eigenvalue weighted by molar-refractivity contribution is -0.122. The summed E-state index contributed by atoms with van der Waals surface area (Å²) in [6, 6.07) is 0. The van der Waals surface area contributed by atoms with Gasteiger partial charge < -0.3 is 20.7 Å². The van der Waals surface area contributed by atoms with Crippen LogP contribution in [-0.2, 0) is 9.53 Å². The lowest BCUT2D eigenvalue weighted by Crippen LogP contribution is -2.42. The standard InChI is InChI=1S/C16H32N4O2.HI/c1-5-22-14(12(2)3)8-9-19-16(17-4)20-11-10-18-15(21)13-6-7-13;/h12-14H,5-11H2,1-4H3,(H,18,21)(H2,17,19,20);1H. The molecule has 1 aliphatic rings. The maximum atomic E-state index is 11.5. The fraction of sp³-hybridized carbons (Fsp3) is 0.875. The summed E-state index contributed by atoms with van der Waals surface area (Å²) < 4.78 is 5.72. The molecule has 1 unspecified atom stereocenters. The van der Waals surface area contributed by atoms with Crippen LogP contribution in [0.1, 0.15) is 40.0 Å². The van der Waals surface area contributed by atoms with Gasteiger partial charge in [-0.25, -0.2) is 0 Å². The molecule has 136 valence electrons. The number of aliphatic imine (C=N–C) groups is 1. The average molecular weight is 440 g/mol. The monoisotopic (exact) mass is 440 g/mol. The van der Waals surface area contributed by atoms with Gasteiger partial charge in [-0.1, -0.05) is 13.8 Å². The summed E-state index contributed by atoms with van der Waals surface area (Å²) >= 11 is 0. The number of amides is 1. The van der Waals surface area contributed by atoms with Crippen LogP contribution in [0.5, 0.6) is 0 Å². The molecule has 23 heavy (non-hydrogen) atoms. The molecule has 6 nitrogen and oxygen atoms in total. The molecule has 0 radical (unpaired) electrons. The molecular weight excluding hydrogens is 407 g/mol. The van der Waals surface area contributed by atoms with Gasteiger partial charge in [-0.15, -0.1) is 24.0 Å². The number of guanidine groups is 1. The fourth-order valence-electron chi connectivity index (χ4n) is 2.23. The molecule has 0 spiro atoms. The predicted molar refractivity (Wildman–Crippen MR) is 105 cm³/mol. The van der Waals surface area contributed by atoms with Crippen molar-refractivity contribution in [1.29, 1.82) is 0 Å². The third-order valence-corrected chi connectivity index (χ3v) is 3.73. The van der Waals surface area contributed by atoms with Crippen LogP contribution in [0.25, 0.3) is 0 Å². The van der Waals surface area contributed by atoms with Crippen molar-refractivity contribution < 1.29 is 9.53 Å². The first-order valence-electron chi connectivity index (χ1n) is 8.42. The molecule has 0 bridgehead atoms. The van der Waals surface area contributed by atoms with E-state index in [1.807, 2.05) is 6.92 Å². The van der Waals surface area contributed by atoms with E-state index in [0.717, 1.165) is 38.4 Å². The van der Waals surface area contributed by atoms with E-state index >= 15 is 0 Å². The van der Waals surface area contributed by atoms with Crippen molar-refractivity contribution in [1.82, 2.24) is 16.0 Å². The number of rotatable bonds is 10. The summed E-state index contributed by atoms with van der Waals surface area (Å²) in [4.78, 5) is 15.7. The van der Waals surface area contributed by atoms with Crippen LogP contribution >= 0.6 is 24.0 Å². The third-order valence-electron chi connectivity index (χ3n) is 3.73. The van der Waals surface area contributed by atoms with Crippen molar-refractivity contribution in [3.8, 4) is 0 Å². The summed E-state index contributed by atoms with van der Waals surface area (Å²) in [6.45, 7) is 9.25. The largest absolute Gasteiger partial charge is 0.378 e. The zero-order valence-electron chi connectivity index (χ0n) is 14.9. The smallest absolute Gasteiger partial charge is 0.223 e. The van der Waals surface area contributed by atoms with E-state index in [0.29, 0.717) is 19.0 Å². The van der Waals surface area contributed by atoms with Crippen LogP contribution in [-0.4, -0.2) is 51.3 Å². The zero-order valence-corrected chi connectivity index (χ0v) is 17.2. The van der Waals surface area contributed by atoms with Crippen LogP contribution < -0.4 is 16.0 Å². The Morgan fingerprint density at radius 3 is 2.30 bits per heavy atom. The molecule has 0 saturated heterocycles. The molecule has 0 aromatic rings. The summed E-state index contributed by atoms with van der Waals surface area (Å²) in [6.07, 6.45) is 3.30. The summed E-state index contributed by atoms with van der Waals surface area (Å²) in [5, 5.41) is 9.41. The maximum absolute atomic E-state index is 11.5. The van der Waals surface area contributed by atoms with Gasteiger partial charge in [-0.3, -0.25) is 9.79 Å². The molecule has 0 heterocycles. The molecule has 0 aliphatic heterocycles. The Bertz CT molecular complexity index is 360. The molecule has 1 fully saturated rings. The van der Waals surface area contributed by atoms with Crippen LogP contribution in [0.4, 0.5) is 0 Å². The molecule has 0 aromatic heterocycles. The Hall–Kier alpha value is -0.570. The first-order valence-corrected chi connectivity index (χ1v) is 8.42. The van der Waals surface area contributed by atoms with Crippen LogP contribution in [0.3, 0.4) is 0 Å². The minimum atomic E-state index is 0. The van der Waals surface area contributed by atoms with Gasteiger partial charge in [0.1, 0.15) is 0 Å². The van der Waals surface area contributed by atoms with E-state index in [-0.39, 0.29) is 41.9 Å². The van der Waals surface area contributed by atoms with Gasteiger partial charge in [0.2, 0.25) is 5.91 Å². The van der Waals surface area contributed by atoms with Crippen LogP contribution in [0.2, 0.25) is 0 Å². The Labute approximate surface area is 157 Å². The van der Waals surface area contributed by atoms with Crippen LogP contribution in [0.15, 0.2) is 4.99 Å². The van der Waals surface area contributed by atoms with E-state index in [1.54, 1.807) is 7.05 Å².